The van der Waals surface area contributed by atoms with Crippen LogP contribution in [0.5, 0.6) is 0 Å². The lowest BCUT2D eigenvalue weighted by molar-refractivity contribution is -0.126. The van der Waals surface area contributed by atoms with Crippen molar-refractivity contribution < 1.29 is 9.18 Å². The van der Waals surface area contributed by atoms with Gasteiger partial charge in [0, 0.05) is 53.4 Å². The number of fused-ring (bicyclic) bond motifs is 1. The molecule has 3 heterocycles. The Kier molecular flexibility index (Phi) is 8.75. The summed E-state index contributed by atoms with van der Waals surface area (Å²) >= 11 is 6.96. The Morgan fingerprint density at radius 2 is 1.86 bits per heavy atom. The normalized spacial score (nSPS) is 15.3. The lowest BCUT2D eigenvalue weighted by Crippen LogP contribution is -2.54. The van der Waals surface area contributed by atoms with Crippen molar-refractivity contribution in [3.8, 4) is 16.8 Å². The van der Waals surface area contributed by atoms with Crippen LogP contribution in [0.25, 0.3) is 33.8 Å². The molecule has 5 rings (SSSR count). The summed E-state index contributed by atoms with van der Waals surface area (Å²) in [7, 11) is 0. The van der Waals surface area contributed by atoms with E-state index in [2.05, 4.69) is 32.0 Å². The minimum absolute atomic E-state index is 0.00605. The Morgan fingerprint density at radius 1 is 1.11 bits per heavy atom. The van der Waals surface area contributed by atoms with E-state index >= 15 is 4.39 Å². The van der Waals surface area contributed by atoms with Crippen LogP contribution in [-0.2, 0) is 4.79 Å². The van der Waals surface area contributed by atoms with E-state index in [1.54, 1.807) is 46.0 Å². The maximum atomic E-state index is 15.5. The molecule has 9 heteroatoms. The Hall–Kier alpha value is -4.30. The van der Waals surface area contributed by atoms with E-state index in [1.807, 2.05) is 31.7 Å². The second-order valence-electron chi connectivity index (χ2n) is 11.8. The second kappa shape index (κ2) is 12.4. The Bertz CT molecular complexity index is 1820. The monoisotopic (exact) mass is 613 g/mol. The summed E-state index contributed by atoms with van der Waals surface area (Å²) in [6.45, 7) is 19.0. The smallest absolute Gasteiger partial charge is 0.350 e. The molecule has 2 aromatic carbocycles. The minimum atomic E-state index is -0.480. The van der Waals surface area contributed by atoms with E-state index in [-0.39, 0.29) is 23.8 Å². The van der Waals surface area contributed by atoms with Crippen molar-refractivity contribution in [3.63, 3.8) is 0 Å². The predicted molar refractivity (Wildman–Crippen MR) is 177 cm³/mol. The van der Waals surface area contributed by atoms with E-state index in [1.165, 1.54) is 12.1 Å². The molecule has 0 radical (unpaired) electrons. The zero-order valence-electron chi connectivity index (χ0n) is 25.8. The number of carbonyl (C=O) groups excluding carboxylic acids is 1. The van der Waals surface area contributed by atoms with Crippen molar-refractivity contribution in [3.05, 3.63) is 100.0 Å². The number of rotatable bonds is 7. The number of hydrogen-bond donors (Lipinski definition) is 0. The van der Waals surface area contributed by atoms with Gasteiger partial charge in [0.05, 0.1) is 16.9 Å². The molecule has 0 spiro atoms. The zero-order chi connectivity index (χ0) is 31.9. The van der Waals surface area contributed by atoms with E-state index < -0.39 is 11.5 Å². The third-order valence-corrected chi connectivity index (χ3v) is 8.57. The van der Waals surface area contributed by atoms with Crippen LogP contribution >= 0.6 is 11.6 Å². The quantitative estimate of drug-likeness (QED) is 0.204. The van der Waals surface area contributed by atoms with Crippen LogP contribution in [0.3, 0.4) is 0 Å². The van der Waals surface area contributed by atoms with Crippen molar-refractivity contribution in [1.29, 1.82) is 0 Å². The molecule has 1 saturated heterocycles. The highest BCUT2D eigenvalue weighted by Gasteiger charge is 2.30. The average molecular weight is 614 g/mol. The molecule has 0 aliphatic carbocycles. The fraction of sp³-hybridized carbons (Fsp3) is 0.314. The van der Waals surface area contributed by atoms with Crippen molar-refractivity contribution in [1.82, 2.24) is 19.4 Å². The van der Waals surface area contributed by atoms with Crippen molar-refractivity contribution in [2.24, 2.45) is 0 Å². The van der Waals surface area contributed by atoms with E-state index in [0.717, 1.165) is 11.3 Å². The molecule has 2 aromatic heterocycles. The molecule has 0 unspecified atom stereocenters. The summed E-state index contributed by atoms with van der Waals surface area (Å²) in [6, 6.07) is 10.1. The molecule has 1 amide bonds. The first kappa shape index (κ1) is 31.1. The van der Waals surface area contributed by atoms with Crippen molar-refractivity contribution in [2.75, 3.05) is 24.5 Å². The summed E-state index contributed by atoms with van der Waals surface area (Å²) in [5, 5.41) is 0.949. The van der Waals surface area contributed by atoms with E-state index in [0.29, 0.717) is 63.8 Å². The summed E-state index contributed by atoms with van der Waals surface area (Å²) in [5.41, 5.74) is 3.75. The van der Waals surface area contributed by atoms with Crippen LogP contribution in [-0.4, -0.2) is 51.0 Å². The maximum absolute atomic E-state index is 15.5. The number of pyridine rings is 1. The number of hydrogen-bond acceptors (Lipinski definition) is 5. The van der Waals surface area contributed by atoms with Crippen molar-refractivity contribution in [2.45, 2.75) is 52.5 Å². The maximum Gasteiger partial charge on any atom is 0.354 e. The van der Waals surface area contributed by atoms with Crippen LogP contribution < -0.4 is 10.6 Å². The Balaban J connectivity index is 1.88. The molecule has 4 aromatic rings. The molecule has 44 heavy (non-hydrogen) atoms. The molecule has 7 nitrogen and oxygen atoms in total. The molecule has 1 aliphatic rings. The van der Waals surface area contributed by atoms with Crippen LogP contribution in [0.2, 0.25) is 5.02 Å². The molecular weight excluding hydrogens is 577 g/mol. The summed E-state index contributed by atoms with van der Waals surface area (Å²) < 4.78 is 17.1. The SMILES string of the molecule is C=CC(=O)N1CCN(c2nc(=O)n(-c3c(C(C)C)ccnc3C(C)C)c3cc(-c4c(F)cccc4C=C)c(Cl)cc23)[C@@H](C)C1. The van der Waals surface area contributed by atoms with Crippen LogP contribution in [0.4, 0.5) is 10.2 Å². The standard InChI is InChI=1S/C35H37ClFN5O2/c1-8-23-11-10-12-28(37)31(23)25-18-29-26(17-27(25)36)34(41-16-15-40(19-22(41)7)30(43)9-2)39-35(44)42(29)33-24(20(3)4)13-14-38-32(33)21(5)6/h8-14,17-18,20-22H,1-2,15-16,19H2,3-7H3/t22-/m0/s1. The molecule has 228 valence electrons. The van der Waals surface area contributed by atoms with Gasteiger partial charge in [-0.15, -0.1) is 0 Å². The number of piperazine rings is 1. The second-order valence-corrected chi connectivity index (χ2v) is 12.2. The molecule has 0 bridgehead atoms. The lowest BCUT2D eigenvalue weighted by Gasteiger charge is -2.40. The highest BCUT2D eigenvalue weighted by atomic mass is 35.5. The van der Waals surface area contributed by atoms with Gasteiger partial charge in [-0.25, -0.2) is 9.18 Å². The van der Waals surface area contributed by atoms with Gasteiger partial charge in [0.15, 0.2) is 0 Å². The fourth-order valence-electron chi connectivity index (χ4n) is 6.07. The first-order valence-electron chi connectivity index (χ1n) is 14.8. The summed E-state index contributed by atoms with van der Waals surface area (Å²) in [4.78, 5) is 39.8. The first-order valence-corrected chi connectivity index (χ1v) is 15.2. The third-order valence-electron chi connectivity index (χ3n) is 8.26. The lowest BCUT2D eigenvalue weighted by atomic mass is 9.95. The molecule has 0 N–H and O–H groups in total. The topological polar surface area (TPSA) is 71.3 Å². The largest absolute Gasteiger partial charge is 0.354 e. The van der Waals surface area contributed by atoms with Gasteiger partial charge in [0.1, 0.15) is 11.6 Å². The van der Waals surface area contributed by atoms with Gasteiger partial charge in [0.25, 0.3) is 0 Å². The van der Waals surface area contributed by atoms with Gasteiger partial charge in [-0.3, -0.25) is 14.3 Å². The number of halogens is 2. The molecular formula is C35H37ClFN5O2. The Labute approximate surface area is 262 Å². The zero-order valence-corrected chi connectivity index (χ0v) is 26.5. The third kappa shape index (κ3) is 5.43. The van der Waals surface area contributed by atoms with Crippen LogP contribution in [0.15, 0.2) is 66.6 Å². The molecule has 1 aliphatic heterocycles. The number of anilines is 1. The average Bonchev–Trinajstić information content (AvgIpc) is 3.00. The summed E-state index contributed by atoms with van der Waals surface area (Å²) in [5.74, 6) is -0.0405. The van der Waals surface area contributed by atoms with Gasteiger partial charge < -0.3 is 9.80 Å². The van der Waals surface area contributed by atoms with Gasteiger partial charge in [-0.2, -0.15) is 4.98 Å². The number of nitrogens with zero attached hydrogens (tertiary/aromatic N) is 5. The fourth-order valence-corrected chi connectivity index (χ4v) is 6.33. The number of benzene rings is 2. The highest BCUT2D eigenvalue weighted by molar-refractivity contribution is 6.34. The van der Waals surface area contributed by atoms with E-state index in [9.17, 15) is 9.59 Å². The number of amides is 1. The number of aromatic nitrogens is 3. The van der Waals surface area contributed by atoms with Crippen LogP contribution in [0.1, 0.15) is 63.3 Å². The Morgan fingerprint density at radius 3 is 2.50 bits per heavy atom. The van der Waals surface area contributed by atoms with Gasteiger partial charge in [-0.1, -0.05) is 70.7 Å². The highest BCUT2D eigenvalue weighted by Crippen LogP contribution is 2.40. The molecule has 0 saturated carbocycles. The van der Waals surface area contributed by atoms with Gasteiger partial charge >= 0.3 is 5.69 Å². The molecule has 1 fully saturated rings. The molecule has 1 atom stereocenters. The predicted octanol–water partition coefficient (Wildman–Crippen LogP) is 7.35. The van der Waals surface area contributed by atoms with Crippen molar-refractivity contribution >= 4 is 40.3 Å². The first-order chi connectivity index (χ1) is 21.0. The van der Waals surface area contributed by atoms with Gasteiger partial charge in [-0.05, 0) is 60.2 Å². The number of carbonyl (C=O) groups is 1. The van der Waals surface area contributed by atoms with Gasteiger partial charge in [0.2, 0.25) is 5.91 Å². The minimum Gasteiger partial charge on any atom is -0.350 e. The van der Waals surface area contributed by atoms with Crippen LogP contribution in [0, 0.1) is 5.82 Å². The summed E-state index contributed by atoms with van der Waals surface area (Å²) in [6.07, 6.45) is 4.67. The van der Waals surface area contributed by atoms with E-state index in [4.69, 9.17) is 16.6 Å².